The maximum atomic E-state index is 2.50. The lowest BCUT2D eigenvalue weighted by atomic mass is 9.76. The molecule has 0 unspecified atom stereocenters. The van der Waals surface area contributed by atoms with Crippen molar-refractivity contribution in [3.8, 4) is 39.1 Å². The first-order chi connectivity index (χ1) is 31.6. The highest BCUT2D eigenvalue weighted by atomic mass is 15.1. The molecule has 0 atom stereocenters. The monoisotopic (exact) mass is 834 g/mol. The summed E-state index contributed by atoms with van der Waals surface area (Å²) in [4.78, 5) is 2.45. The molecule has 2 heteroatoms. The van der Waals surface area contributed by atoms with Crippen molar-refractivity contribution in [2.45, 2.75) is 45.4 Å². The third kappa shape index (κ3) is 6.39. The number of para-hydroxylation sites is 2. The van der Waals surface area contributed by atoms with E-state index in [1.54, 1.807) is 0 Å². The first-order valence-electron chi connectivity index (χ1n) is 22.9. The summed E-state index contributed by atoms with van der Waals surface area (Å²) >= 11 is 0. The topological polar surface area (TPSA) is 8.17 Å². The van der Waals surface area contributed by atoms with Crippen LogP contribution in [0.15, 0.2) is 212 Å². The van der Waals surface area contributed by atoms with Gasteiger partial charge in [-0.05, 0) is 138 Å². The van der Waals surface area contributed by atoms with E-state index in [-0.39, 0.29) is 10.8 Å². The average molecular weight is 835 g/mol. The van der Waals surface area contributed by atoms with Crippen molar-refractivity contribution in [2.75, 3.05) is 4.90 Å². The second kappa shape index (κ2) is 14.7. The first kappa shape index (κ1) is 39.0. The second-order valence-electron chi connectivity index (χ2n) is 19.4. The van der Waals surface area contributed by atoms with Crippen LogP contribution in [0.5, 0.6) is 0 Å². The lowest BCUT2D eigenvalue weighted by Crippen LogP contribution is -2.19. The van der Waals surface area contributed by atoms with Gasteiger partial charge in [0.1, 0.15) is 0 Å². The molecule has 12 rings (SSSR count). The van der Waals surface area contributed by atoms with Crippen LogP contribution in [0.1, 0.15) is 51.3 Å². The summed E-state index contributed by atoms with van der Waals surface area (Å²) in [6.45, 7) is 11.7. The van der Waals surface area contributed by atoms with Gasteiger partial charge in [0.25, 0.3) is 0 Å². The van der Waals surface area contributed by atoms with Crippen molar-refractivity contribution in [1.29, 1.82) is 0 Å². The Morgan fingerprint density at radius 2 is 1.06 bits per heavy atom. The Kier molecular flexibility index (Phi) is 8.80. The molecule has 2 nitrogen and oxygen atoms in total. The SMILES string of the molecule is CC(C)(C)c1ccc2c3c4cc(cc3n(-c3ccccc3)c2c1)C(C)(C)c1cccc(c1)-c1ccccc1N(c1ccc(-c2ccc3c(ccc5ccccc53)c2)cc1)c1cccc-4c1. The van der Waals surface area contributed by atoms with Crippen LogP contribution in [0.3, 0.4) is 0 Å². The lowest BCUT2D eigenvalue weighted by Gasteiger charge is -2.29. The first-order valence-corrected chi connectivity index (χ1v) is 22.9. The molecular formula is C63H50N2. The molecule has 1 aliphatic heterocycles. The molecular weight excluding hydrogens is 785 g/mol. The molecule has 0 fully saturated rings. The largest absolute Gasteiger partial charge is 0.310 e. The molecule has 2 heterocycles. The van der Waals surface area contributed by atoms with Gasteiger partial charge in [-0.2, -0.15) is 0 Å². The van der Waals surface area contributed by atoms with Crippen molar-refractivity contribution in [2.24, 2.45) is 0 Å². The minimum absolute atomic E-state index is 0.00197. The van der Waals surface area contributed by atoms with E-state index in [0.717, 1.165) is 22.7 Å². The van der Waals surface area contributed by atoms with E-state index in [1.807, 2.05) is 0 Å². The minimum atomic E-state index is -0.320. The quantitative estimate of drug-likeness (QED) is 0.161. The van der Waals surface area contributed by atoms with E-state index in [4.69, 9.17) is 0 Å². The normalized spacial score (nSPS) is 13.4. The zero-order chi connectivity index (χ0) is 44.0. The van der Waals surface area contributed by atoms with Crippen LogP contribution in [0.2, 0.25) is 0 Å². The zero-order valence-corrected chi connectivity index (χ0v) is 37.6. The van der Waals surface area contributed by atoms with Gasteiger partial charge >= 0.3 is 0 Å². The summed E-state index contributed by atoms with van der Waals surface area (Å²) < 4.78 is 2.50. The summed E-state index contributed by atoms with van der Waals surface area (Å²) in [6, 6.07) is 79.5. The molecule has 1 aromatic heterocycles. The predicted octanol–water partition coefficient (Wildman–Crippen LogP) is 17.5. The fourth-order valence-corrected chi connectivity index (χ4v) is 10.4. The highest BCUT2D eigenvalue weighted by molar-refractivity contribution is 6.16. The molecule has 0 amide bonds. The van der Waals surface area contributed by atoms with Crippen LogP contribution in [0, 0.1) is 0 Å². The third-order valence-electron chi connectivity index (χ3n) is 14.1. The molecule has 1 aliphatic rings. The van der Waals surface area contributed by atoms with Crippen LogP contribution < -0.4 is 4.90 Å². The van der Waals surface area contributed by atoms with E-state index in [9.17, 15) is 0 Å². The fourth-order valence-electron chi connectivity index (χ4n) is 10.4. The van der Waals surface area contributed by atoms with Gasteiger partial charge in [-0.1, -0.05) is 180 Å². The van der Waals surface area contributed by atoms with Gasteiger partial charge in [0.2, 0.25) is 0 Å². The van der Waals surface area contributed by atoms with E-state index in [2.05, 4.69) is 256 Å². The summed E-state index contributed by atoms with van der Waals surface area (Å²) in [5.74, 6) is 0. The van der Waals surface area contributed by atoms with Gasteiger partial charge in [0.05, 0.1) is 16.7 Å². The highest BCUT2D eigenvalue weighted by Gasteiger charge is 2.29. The number of benzene rings is 10. The Morgan fingerprint density at radius 1 is 0.385 bits per heavy atom. The summed E-state index contributed by atoms with van der Waals surface area (Å²) in [5, 5.41) is 7.61. The molecule has 0 spiro atoms. The second-order valence-corrected chi connectivity index (χ2v) is 19.4. The number of anilines is 3. The van der Waals surface area contributed by atoms with E-state index >= 15 is 0 Å². The predicted molar refractivity (Wildman–Crippen MR) is 278 cm³/mol. The standard InChI is InChI=1S/C63H50N2/c1-62(2,3)47-30-34-56-59(39-47)65(50-19-7-6-8-20-50)60-40-49-38-57(61(56)60)45-17-14-21-52(37-45)64(58-24-12-11-23-55(58)44-16-13-18-48(36-44)63(49,4)5)51-31-27-41(28-32-51)43-29-33-54-46(35-43)26-25-42-15-9-10-22-53(42)54/h6-40H,1-5H3. The van der Waals surface area contributed by atoms with Gasteiger partial charge < -0.3 is 9.47 Å². The fraction of sp³-hybridized carbons (Fsp3) is 0.111. The van der Waals surface area contributed by atoms with Crippen molar-refractivity contribution in [3.63, 3.8) is 0 Å². The summed E-state index contributed by atoms with van der Waals surface area (Å²) in [7, 11) is 0. The van der Waals surface area contributed by atoms with E-state index in [0.29, 0.717) is 0 Å². The zero-order valence-electron chi connectivity index (χ0n) is 37.6. The molecule has 6 bridgehead atoms. The Hall–Kier alpha value is -7.68. The Balaban J connectivity index is 1.10. The minimum Gasteiger partial charge on any atom is -0.310 e. The summed E-state index contributed by atoms with van der Waals surface area (Å²) in [6.07, 6.45) is 0. The van der Waals surface area contributed by atoms with Gasteiger partial charge in [-0.25, -0.2) is 0 Å². The van der Waals surface area contributed by atoms with Crippen LogP contribution in [-0.4, -0.2) is 4.57 Å². The number of nitrogens with zero attached hydrogens (tertiary/aromatic N) is 2. The molecule has 0 radical (unpaired) electrons. The van der Waals surface area contributed by atoms with Crippen LogP contribution >= 0.6 is 0 Å². The number of hydrogen-bond acceptors (Lipinski definition) is 1. The number of hydrogen-bond donors (Lipinski definition) is 0. The average Bonchev–Trinajstić information content (AvgIpc) is 3.68. The molecule has 11 aromatic rings. The molecule has 0 saturated heterocycles. The number of aromatic nitrogens is 1. The Bertz CT molecular complexity index is 3660. The van der Waals surface area contributed by atoms with E-state index < -0.39 is 0 Å². The van der Waals surface area contributed by atoms with Crippen LogP contribution in [-0.2, 0) is 10.8 Å². The third-order valence-corrected chi connectivity index (χ3v) is 14.1. The van der Waals surface area contributed by atoms with Gasteiger partial charge in [0.15, 0.2) is 0 Å². The van der Waals surface area contributed by atoms with E-state index in [1.165, 1.54) is 93.4 Å². The van der Waals surface area contributed by atoms with Gasteiger partial charge in [-0.3, -0.25) is 0 Å². The maximum absolute atomic E-state index is 2.50. The molecule has 0 N–H and O–H groups in total. The van der Waals surface area contributed by atoms with Crippen molar-refractivity contribution in [1.82, 2.24) is 4.57 Å². The van der Waals surface area contributed by atoms with Crippen LogP contribution in [0.4, 0.5) is 17.1 Å². The molecule has 0 saturated carbocycles. The van der Waals surface area contributed by atoms with Crippen molar-refractivity contribution >= 4 is 60.4 Å². The molecule has 0 aliphatic carbocycles. The number of rotatable bonds is 3. The maximum Gasteiger partial charge on any atom is 0.0550 e. The highest BCUT2D eigenvalue weighted by Crippen LogP contribution is 2.48. The lowest BCUT2D eigenvalue weighted by molar-refractivity contribution is 0.591. The molecule has 10 aromatic carbocycles. The Morgan fingerprint density at radius 3 is 1.89 bits per heavy atom. The van der Waals surface area contributed by atoms with Crippen LogP contribution in [0.25, 0.3) is 82.4 Å². The van der Waals surface area contributed by atoms with Crippen molar-refractivity contribution in [3.05, 3.63) is 229 Å². The van der Waals surface area contributed by atoms with Gasteiger partial charge in [-0.15, -0.1) is 0 Å². The Labute approximate surface area is 381 Å². The number of fused-ring (bicyclic) bond motifs is 16. The van der Waals surface area contributed by atoms with Gasteiger partial charge in [0, 0.05) is 38.8 Å². The smallest absolute Gasteiger partial charge is 0.0550 e. The van der Waals surface area contributed by atoms with Crippen molar-refractivity contribution < 1.29 is 0 Å². The molecule has 312 valence electrons. The summed E-state index contributed by atoms with van der Waals surface area (Å²) in [5.41, 5.74) is 17.7. The molecule has 65 heavy (non-hydrogen) atoms.